The first kappa shape index (κ1) is 27.4. The van der Waals surface area contributed by atoms with Gasteiger partial charge in [-0.1, -0.05) is 82.2 Å². The van der Waals surface area contributed by atoms with Gasteiger partial charge in [0.2, 0.25) is 0 Å². The lowest BCUT2D eigenvalue weighted by Gasteiger charge is -2.15. The van der Waals surface area contributed by atoms with Gasteiger partial charge in [0.15, 0.2) is 9.84 Å². The van der Waals surface area contributed by atoms with E-state index in [9.17, 15) is 13.2 Å². The van der Waals surface area contributed by atoms with Crippen molar-refractivity contribution in [3.8, 4) is 0 Å². The third-order valence-corrected chi connectivity index (χ3v) is 7.35. The Balaban J connectivity index is 1.96. The zero-order chi connectivity index (χ0) is 24.8. The summed E-state index contributed by atoms with van der Waals surface area (Å²) in [7, 11) is -3.34. The Morgan fingerprint density at radius 3 is 2.29 bits per heavy atom. The van der Waals surface area contributed by atoms with Crippen molar-refractivity contribution in [2.24, 2.45) is 5.92 Å². The maximum absolute atomic E-state index is 12.7. The Bertz CT molecular complexity index is 1020. The standard InChI is InChI=1S/C28H36O5S/c1-4-23(3)22-33-27(25-13-9-8-10-14-25)21-24-15-17-26(18-16-24)34(30,31)20-12-7-6-11-19-32-28(29)5-2/h5,8-10,13-18,21,23H,2,4,6-7,11-12,19-20,22H2,1,3H3/t23-/m1/s1. The van der Waals surface area contributed by atoms with Gasteiger partial charge >= 0.3 is 5.97 Å². The number of hydrogen-bond donors (Lipinski definition) is 0. The first-order valence-corrected chi connectivity index (χ1v) is 13.5. The molecule has 0 amide bonds. The van der Waals surface area contributed by atoms with E-state index in [0.29, 0.717) is 36.9 Å². The van der Waals surface area contributed by atoms with Crippen LogP contribution >= 0.6 is 0 Å². The second-order valence-electron chi connectivity index (χ2n) is 8.37. The molecule has 0 N–H and O–H groups in total. The van der Waals surface area contributed by atoms with Crippen LogP contribution in [0, 0.1) is 5.92 Å². The number of ether oxygens (including phenoxy) is 2. The predicted molar refractivity (Wildman–Crippen MR) is 138 cm³/mol. The molecule has 0 aromatic heterocycles. The summed E-state index contributed by atoms with van der Waals surface area (Å²) in [6, 6.07) is 16.9. The summed E-state index contributed by atoms with van der Waals surface area (Å²) >= 11 is 0. The van der Waals surface area contributed by atoms with E-state index in [0.717, 1.165) is 42.2 Å². The van der Waals surface area contributed by atoms with Gasteiger partial charge in [-0.25, -0.2) is 13.2 Å². The van der Waals surface area contributed by atoms with Crippen LogP contribution in [-0.4, -0.2) is 33.4 Å². The highest BCUT2D eigenvalue weighted by Crippen LogP contribution is 2.22. The SMILES string of the molecule is C=CC(=O)OCCCCCCS(=O)(=O)c1ccc(C=C(OC[C@H](C)CC)c2ccccc2)cc1. The van der Waals surface area contributed by atoms with Crippen LogP contribution in [0.15, 0.2) is 72.1 Å². The van der Waals surface area contributed by atoms with E-state index in [1.807, 2.05) is 48.5 Å². The lowest BCUT2D eigenvalue weighted by atomic mass is 10.1. The molecule has 0 saturated carbocycles. The highest BCUT2D eigenvalue weighted by atomic mass is 32.2. The van der Waals surface area contributed by atoms with Crippen molar-refractivity contribution in [1.29, 1.82) is 0 Å². The summed E-state index contributed by atoms with van der Waals surface area (Å²) in [6.07, 6.45) is 6.98. The van der Waals surface area contributed by atoms with Gasteiger partial charge in [-0.3, -0.25) is 0 Å². The van der Waals surface area contributed by atoms with Crippen molar-refractivity contribution in [2.75, 3.05) is 19.0 Å². The minimum atomic E-state index is -3.34. The number of unbranched alkanes of at least 4 members (excludes halogenated alkanes) is 3. The molecule has 0 unspecified atom stereocenters. The van der Waals surface area contributed by atoms with Crippen molar-refractivity contribution in [1.82, 2.24) is 0 Å². The molecule has 2 rings (SSSR count). The van der Waals surface area contributed by atoms with Crippen LogP contribution < -0.4 is 0 Å². The number of benzene rings is 2. The quantitative estimate of drug-likeness (QED) is 0.0974. The van der Waals surface area contributed by atoms with Crippen molar-refractivity contribution in [3.63, 3.8) is 0 Å². The Labute approximate surface area is 204 Å². The average molecular weight is 485 g/mol. The monoisotopic (exact) mass is 484 g/mol. The van der Waals surface area contributed by atoms with Crippen LogP contribution in [0.25, 0.3) is 11.8 Å². The minimum absolute atomic E-state index is 0.0991. The molecule has 0 aliphatic heterocycles. The average Bonchev–Trinajstić information content (AvgIpc) is 2.86. The summed E-state index contributed by atoms with van der Waals surface area (Å²) in [5, 5.41) is 0. The molecule has 5 nitrogen and oxygen atoms in total. The molecule has 2 aromatic rings. The predicted octanol–water partition coefficient (Wildman–Crippen LogP) is 6.31. The third kappa shape index (κ3) is 9.56. The summed E-state index contributed by atoms with van der Waals surface area (Å²) in [4.78, 5) is 11.3. The first-order valence-electron chi connectivity index (χ1n) is 11.9. The van der Waals surface area contributed by atoms with Crippen molar-refractivity contribution >= 4 is 27.6 Å². The van der Waals surface area contributed by atoms with E-state index >= 15 is 0 Å². The molecule has 0 bridgehead atoms. The normalized spacial score (nSPS) is 12.7. The third-order valence-electron chi connectivity index (χ3n) is 5.53. The van der Waals surface area contributed by atoms with Crippen molar-refractivity contribution in [2.45, 2.75) is 50.8 Å². The van der Waals surface area contributed by atoms with Gasteiger partial charge < -0.3 is 9.47 Å². The maximum Gasteiger partial charge on any atom is 0.330 e. The van der Waals surface area contributed by atoms with E-state index in [1.165, 1.54) is 0 Å². The molecule has 34 heavy (non-hydrogen) atoms. The summed E-state index contributed by atoms with van der Waals surface area (Å²) < 4.78 is 36.4. The molecule has 0 spiro atoms. The highest BCUT2D eigenvalue weighted by molar-refractivity contribution is 7.91. The molecule has 0 aliphatic rings. The van der Waals surface area contributed by atoms with Crippen LogP contribution in [0.2, 0.25) is 0 Å². The van der Waals surface area contributed by atoms with Crippen molar-refractivity contribution < 1.29 is 22.7 Å². The Kier molecular flexibility index (Phi) is 11.6. The van der Waals surface area contributed by atoms with Gasteiger partial charge in [0.05, 0.1) is 23.9 Å². The number of carbonyl (C=O) groups is 1. The maximum atomic E-state index is 12.7. The molecular weight excluding hydrogens is 448 g/mol. The van der Waals surface area contributed by atoms with Gasteiger partial charge in [-0.15, -0.1) is 0 Å². The van der Waals surface area contributed by atoms with E-state index in [-0.39, 0.29) is 5.75 Å². The fourth-order valence-electron chi connectivity index (χ4n) is 3.18. The highest BCUT2D eigenvalue weighted by Gasteiger charge is 2.14. The van der Waals surface area contributed by atoms with E-state index < -0.39 is 15.8 Å². The van der Waals surface area contributed by atoms with Gasteiger partial charge in [0, 0.05) is 11.6 Å². The molecule has 6 heteroatoms. The molecular formula is C28H36O5S. The Morgan fingerprint density at radius 1 is 0.971 bits per heavy atom. The number of hydrogen-bond acceptors (Lipinski definition) is 5. The molecule has 184 valence electrons. The second kappa shape index (κ2) is 14.4. The Morgan fingerprint density at radius 2 is 1.65 bits per heavy atom. The van der Waals surface area contributed by atoms with Crippen molar-refractivity contribution in [3.05, 3.63) is 78.4 Å². The second-order valence-corrected chi connectivity index (χ2v) is 10.5. The van der Waals surface area contributed by atoms with Gasteiger partial charge in [0.25, 0.3) is 0 Å². The van der Waals surface area contributed by atoms with Gasteiger partial charge in [-0.2, -0.15) is 0 Å². The first-order chi connectivity index (χ1) is 16.4. The molecule has 2 aromatic carbocycles. The van der Waals surface area contributed by atoms with Gasteiger partial charge in [-0.05, 0) is 42.5 Å². The number of esters is 1. The minimum Gasteiger partial charge on any atom is -0.493 e. The summed E-state index contributed by atoms with van der Waals surface area (Å²) in [5.74, 6) is 0.887. The zero-order valence-corrected chi connectivity index (χ0v) is 21.1. The van der Waals surface area contributed by atoms with E-state index in [1.54, 1.807) is 12.1 Å². The van der Waals surface area contributed by atoms with Crippen LogP contribution in [0.4, 0.5) is 0 Å². The molecule has 0 heterocycles. The fraction of sp³-hybridized carbons (Fsp3) is 0.393. The molecule has 0 saturated heterocycles. The van der Waals surface area contributed by atoms with Crippen LogP contribution in [0.5, 0.6) is 0 Å². The summed E-state index contributed by atoms with van der Waals surface area (Å²) in [5.41, 5.74) is 1.87. The molecule has 0 radical (unpaired) electrons. The number of carbonyl (C=O) groups excluding carboxylic acids is 1. The molecule has 0 fully saturated rings. The summed E-state index contributed by atoms with van der Waals surface area (Å²) in [6.45, 7) is 8.59. The smallest absolute Gasteiger partial charge is 0.330 e. The number of rotatable bonds is 15. The topological polar surface area (TPSA) is 69.7 Å². The fourth-order valence-corrected chi connectivity index (χ4v) is 4.55. The van der Waals surface area contributed by atoms with Gasteiger partial charge in [0.1, 0.15) is 5.76 Å². The van der Waals surface area contributed by atoms with Crippen LogP contribution in [-0.2, 0) is 24.1 Å². The van der Waals surface area contributed by atoms with E-state index in [4.69, 9.17) is 9.47 Å². The van der Waals surface area contributed by atoms with E-state index in [2.05, 4.69) is 20.4 Å². The lowest BCUT2D eigenvalue weighted by Crippen LogP contribution is -2.07. The lowest BCUT2D eigenvalue weighted by molar-refractivity contribution is -0.137. The number of sulfone groups is 1. The zero-order valence-electron chi connectivity index (χ0n) is 20.2. The van der Waals surface area contributed by atoms with Crippen LogP contribution in [0.1, 0.15) is 57.1 Å². The largest absolute Gasteiger partial charge is 0.493 e. The Hall–Kier alpha value is -2.86. The molecule has 1 atom stereocenters. The molecule has 0 aliphatic carbocycles. The van der Waals surface area contributed by atoms with Crippen LogP contribution in [0.3, 0.4) is 0 Å².